The summed E-state index contributed by atoms with van der Waals surface area (Å²) in [7, 11) is 0. The van der Waals surface area contributed by atoms with Crippen molar-refractivity contribution in [3.63, 3.8) is 0 Å². The van der Waals surface area contributed by atoms with E-state index in [0.717, 1.165) is 20.9 Å². The van der Waals surface area contributed by atoms with Gasteiger partial charge >= 0.3 is 0 Å². The summed E-state index contributed by atoms with van der Waals surface area (Å²) in [6.45, 7) is 0. The van der Waals surface area contributed by atoms with Gasteiger partial charge in [0, 0.05) is 4.88 Å². The Hall–Kier alpha value is -2.51. The molecule has 1 nitrogen and oxygen atoms in total. The number of benzene rings is 2. The first-order valence-electron chi connectivity index (χ1n) is 6.23. The van der Waals surface area contributed by atoms with E-state index in [-0.39, 0.29) is 11.6 Å². The molecule has 0 spiro atoms. The van der Waals surface area contributed by atoms with Gasteiger partial charge in [0.15, 0.2) is 0 Å². The van der Waals surface area contributed by atoms with Gasteiger partial charge in [-0.3, -0.25) is 0 Å². The molecule has 4 heteroatoms. The molecule has 21 heavy (non-hydrogen) atoms. The molecule has 102 valence electrons. The van der Waals surface area contributed by atoms with Gasteiger partial charge in [0.2, 0.25) is 0 Å². The minimum Gasteiger partial charge on any atom is -0.207 e. The molecule has 3 aromatic rings. The maximum absolute atomic E-state index is 13.0. The standard InChI is InChI=1S/C17H9F2NS/c18-14-5-1-11(2-6-14)16-9-13(10-20)17(21-16)12-3-7-15(19)8-4-12/h1-9H. The van der Waals surface area contributed by atoms with Gasteiger partial charge in [-0.15, -0.1) is 11.3 Å². The quantitative estimate of drug-likeness (QED) is 0.635. The normalized spacial score (nSPS) is 10.3. The number of thiophene rings is 1. The van der Waals surface area contributed by atoms with Crippen molar-refractivity contribution in [3.05, 3.63) is 71.8 Å². The number of hydrogen-bond donors (Lipinski definition) is 0. The predicted octanol–water partition coefficient (Wildman–Crippen LogP) is 5.23. The lowest BCUT2D eigenvalue weighted by atomic mass is 10.1. The summed E-state index contributed by atoms with van der Waals surface area (Å²) >= 11 is 1.43. The maximum atomic E-state index is 13.0. The second kappa shape index (κ2) is 5.47. The zero-order valence-corrected chi connectivity index (χ0v) is 11.6. The topological polar surface area (TPSA) is 23.8 Å². The molecule has 1 heterocycles. The molecular formula is C17H9F2NS. The van der Waals surface area contributed by atoms with Crippen LogP contribution in [0.25, 0.3) is 20.9 Å². The summed E-state index contributed by atoms with van der Waals surface area (Å²) in [6, 6.07) is 16.1. The number of hydrogen-bond acceptors (Lipinski definition) is 2. The van der Waals surface area contributed by atoms with Crippen molar-refractivity contribution < 1.29 is 8.78 Å². The third-order valence-electron chi connectivity index (χ3n) is 3.09. The van der Waals surface area contributed by atoms with E-state index in [9.17, 15) is 14.0 Å². The van der Waals surface area contributed by atoms with Crippen LogP contribution < -0.4 is 0 Å². The molecule has 1 aromatic heterocycles. The molecule has 0 unspecified atom stereocenters. The monoisotopic (exact) mass is 297 g/mol. The maximum Gasteiger partial charge on any atom is 0.123 e. The average molecular weight is 297 g/mol. The van der Waals surface area contributed by atoms with E-state index in [0.29, 0.717) is 5.56 Å². The minimum atomic E-state index is -0.312. The van der Waals surface area contributed by atoms with Gasteiger partial charge < -0.3 is 0 Å². The van der Waals surface area contributed by atoms with E-state index in [1.54, 1.807) is 30.3 Å². The van der Waals surface area contributed by atoms with E-state index >= 15 is 0 Å². The Morgan fingerprint density at radius 3 is 1.86 bits per heavy atom. The van der Waals surface area contributed by atoms with Crippen LogP contribution in [-0.2, 0) is 0 Å². The van der Waals surface area contributed by atoms with E-state index in [4.69, 9.17) is 0 Å². The van der Waals surface area contributed by atoms with E-state index in [1.807, 2.05) is 0 Å². The van der Waals surface area contributed by atoms with Gasteiger partial charge in [0.25, 0.3) is 0 Å². The molecule has 0 bridgehead atoms. The predicted molar refractivity (Wildman–Crippen MR) is 79.8 cm³/mol. The lowest BCUT2D eigenvalue weighted by Gasteiger charge is -1.98. The van der Waals surface area contributed by atoms with Crippen LogP contribution in [0.1, 0.15) is 5.56 Å². The third kappa shape index (κ3) is 2.69. The fraction of sp³-hybridized carbons (Fsp3) is 0. The van der Waals surface area contributed by atoms with Crippen molar-refractivity contribution in [3.8, 4) is 27.0 Å². The smallest absolute Gasteiger partial charge is 0.123 e. The number of nitrogens with zero attached hydrogens (tertiary/aromatic N) is 1. The fourth-order valence-electron chi connectivity index (χ4n) is 2.05. The van der Waals surface area contributed by atoms with Crippen LogP contribution in [-0.4, -0.2) is 0 Å². The molecule has 0 aliphatic rings. The molecule has 0 radical (unpaired) electrons. The molecule has 0 aliphatic heterocycles. The lowest BCUT2D eigenvalue weighted by molar-refractivity contribution is 0.627. The van der Waals surface area contributed by atoms with Gasteiger partial charge in [0.05, 0.1) is 10.4 Å². The average Bonchev–Trinajstić information content (AvgIpc) is 2.93. The van der Waals surface area contributed by atoms with E-state index < -0.39 is 0 Å². The first-order valence-corrected chi connectivity index (χ1v) is 7.05. The SMILES string of the molecule is N#Cc1cc(-c2ccc(F)cc2)sc1-c1ccc(F)cc1. The molecule has 0 saturated carbocycles. The van der Waals surface area contributed by atoms with Crippen molar-refractivity contribution in [2.24, 2.45) is 0 Å². The zero-order chi connectivity index (χ0) is 14.8. The molecule has 0 fully saturated rings. The van der Waals surface area contributed by atoms with Gasteiger partial charge in [-0.2, -0.15) is 5.26 Å². The van der Waals surface area contributed by atoms with E-state index in [1.165, 1.54) is 35.6 Å². The molecule has 3 rings (SSSR count). The Morgan fingerprint density at radius 2 is 1.33 bits per heavy atom. The third-order valence-corrected chi connectivity index (χ3v) is 4.32. The molecule has 2 aromatic carbocycles. The van der Waals surface area contributed by atoms with Crippen LogP contribution in [0.4, 0.5) is 8.78 Å². The van der Waals surface area contributed by atoms with Crippen molar-refractivity contribution in [2.45, 2.75) is 0 Å². The highest BCUT2D eigenvalue weighted by Crippen LogP contribution is 2.37. The summed E-state index contributed by atoms with van der Waals surface area (Å²) in [6.07, 6.45) is 0. The van der Waals surface area contributed by atoms with Crippen LogP contribution in [0.3, 0.4) is 0 Å². The van der Waals surface area contributed by atoms with Crippen molar-refractivity contribution >= 4 is 11.3 Å². The summed E-state index contributed by atoms with van der Waals surface area (Å²) in [5, 5.41) is 9.26. The molecule has 0 amide bonds. The van der Waals surface area contributed by atoms with Gasteiger partial charge in [-0.25, -0.2) is 8.78 Å². The van der Waals surface area contributed by atoms with Crippen LogP contribution in [0.5, 0.6) is 0 Å². The Kier molecular flexibility index (Phi) is 3.51. The van der Waals surface area contributed by atoms with Crippen molar-refractivity contribution in [2.75, 3.05) is 0 Å². The molecule has 0 saturated heterocycles. The number of nitriles is 1. The first-order chi connectivity index (χ1) is 10.2. The molecular weight excluding hydrogens is 288 g/mol. The van der Waals surface area contributed by atoms with Crippen LogP contribution in [0, 0.1) is 23.0 Å². The van der Waals surface area contributed by atoms with Crippen LogP contribution >= 0.6 is 11.3 Å². The molecule has 0 N–H and O–H groups in total. The van der Waals surface area contributed by atoms with Crippen molar-refractivity contribution in [1.29, 1.82) is 5.26 Å². The van der Waals surface area contributed by atoms with Crippen LogP contribution in [0.15, 0.2) is 54.6 Å². The minimum absolute atomic E-state index is 0.297. The zero-order valence-electron chi connectivity index (χ0n) is 10.8. The summed E-state index contributed by atoms with van der Waals surface area (Å²) in [5.41, 5.74) is 2.18. The second-order valence-corrected chi connectivity index (χ2v) is 5.53. The lowest BCUT2D eigenvalue weighted by Crippen LogP contribution is -1.77. The van der Waals surface area contributed by atoms with Crippen molar-refractivity contribution in [1.82, 2.24) is 0 Å². The highest BCUT2D eigenvalue weighted by Gasteiger charge is 2.12. The van der Waals surface area contributed by atoms with Gasteiger partial charge in [0.1, 0.15) is 17.7 Å². The number of halogens is 2. The summed E-state index contributed by atoms with van der Waals surface area (Å²) < 4.78 is 26.0. The van der Waals surface area contributed by atoms with Gasteiger partial charge in [-0.05, 0) is 41.5 Å². The molecule has 0 atom stereocenters. The largest absolute Gasteiger partial charge is 0.207 e. The molecule has 0 aliphatic carbocycles. The second-order valence-electron chi connectivity index (χ2n) is 4.48. The summed E-state index contributed by atoms with van der Waals surface area (Å²) in [4.78, 5) is 1.67. The summed E-state index contributed by atoms with van der Waals surface area (Å²) in [5.74, 6) is -0.609. The van der Waals surface area contributed by atoms with Crippen LogP contribution in [0.2, 0.25) is 0 Å². The Bertz CT molecular complexity index is 811. The Morgan fingerprint density at radius 1 is 0.810 bits per heavy atom. The Labute approximate surface area is 124 Å². The number of rotatable bonds is 2. The highest BCUT2D eigenvalue weighted by atomic mass is 32.1. The highest BCUT2D eigenvalue weighted by molar-refractivity contribution is 7.19. The first kappa shape index (κ1) is 13.5. The Balaban J connectivity index is 2.08. The van der Waals surface area contributed by atoms with Gasteiger partial charge in [-0.1, -0.05) is 24.3 Å². The fourth-order valence-corrected chi connectivity index (χ4v) is 3.17. The van der Waals surface area contributed by atoms with E-state index in [2.05, 4.69) is 6.07 Å².